The summed E-state index contributed by atoms with van der Waals surface area (Å²) in [4.78, 5) is 18.2. The SMILES string of the molecule is CN/C(=C\C(C)=C\O)C(C)N1Cc2c(ccnc2Cl)C1=O. The number of aliphatic hydroxyl groups excluding tert-OH is 1. The molecular formula is C15H18ClN3O2. The maximum atomic E-state index is 12.5. The van der Waals surface area contributed by atoms with E-state index in [1.54, 1.807) is 37.2 Å². The molecule has 0 aliphatic carbocycles. The summed E-state index contributed by atoms with van der Waals surface area (Å²) in [5.74, 6) is -0.0615. The van der Waals surface area contributed by atoms with Crippen LogP contribution in [-0.4, -0.2) is 34.0 Å². The number of hydrogen-bond acceptors (Lipinski definition) is 4. The largest absolute Gasteiger partial charge is 0.515 e. The van der Waals surface area contributed by atoms with E-state index in [9.17, 15) is 4.79 Å². The van der Waals surface area contributed by atoms with E-state index < -0.39 is 0 Å². The van der Waals surface area contributed by atoms with E-state index in [0.29, 0.717) is 22.8 Å². The van der Waals surface area contributed by atoms with E-state index >= 15 is 0 Å². The van der Waals surface area contributed by atoms with Crippen molar-refractivity contribution in [3.05, 3.63) is 52.2 Å². The highest BCUT2D eigenvalue weighted by molar-refractivity contribution is 6.30. The maximum Gasteiger partial charge on any atom is 0.255 e. The summed E-state index contributed by atoms with van der Waals surface area (Å²) in [7, 11) is 1.79. The van der Waals surface area contributed by atoms with Gasteiger partial charge in [-0.25, -0.2) is 4.98 Å². The van der Waals surface area contributed by atoms with Crippen molar-refractivity contribution in [1.29, 1.82) is 0 Å². The Labute approximate surface area is 128 Å². The van der Waals surface area contributed by atoms with E-state index in [1.165, 1.54) is 0 Å². The predicted molar refractivity (Wildman–Crippen MR) is 82.1 cm³/mol. The van der Waals surface area contributed by atoms with Crippen LogP contribution in [0, 0.1) is 0 Å². The lowest BCUT2D eigenvalue weighted by atomic mass is 10.1. The minimum absolute atomic E-state index is 0.0615. The van der Waals surface area contributed by atoms with Crippen LogP contribution in [0.4, 0.5) is 0 Å². The van der Waals surface area contributed by atoms with Gasteiger partial charge >= 0.3 is 0 Å². The summed E-state index contributed by atoms with van der Waals surface area (Å²) in [6.07, 6.45) is 4.38. The lowest BCUT2D eigenvalue weighted by Crippen LogP contribution is -2.38. The van der Waals surface area contributed by atoms with Gasteiger partial charge in [0.2, 0.25) is 0 Å². The van der Waals surface area contributed by atoms with Gasteiger partial charge in [0.1, 0.15) is 5.15 Å². The van der Waals surface area contributed by atoms with Crippen LogP contribution in [0.3, 0.4) is 0 Å². The van der Waals surface area contributed by atoms with Gasteiger partial charge in [0.25, 0.3) is 5.91 Å². The molecule has 1 aromatic heterocycles. The fourth-order valence-electron chi connectivity index (χ4n) is 2.38. The third-order valence-corrected chi connectivity index (χ3v) is 3.94. The van der Waals surface area contributed by atoms with Crippen molar-refractivity contribution in [3.8, 4) is 0 Å². The second-order valence-corrected chi connectivity index (χ2v) is 5.32. The van der Waals surface area contributed by atoms with Crippen LogP contribution in [0.5, 0.6) is 0 Å². The second-order valence-electron chi connectivity index (χ2n) is 4.96. The predicted octanol–water partition coefficient (Wildman–Crippen LogP) is 2.64. The average molecular weight is 308 g/mol. The van der Waals surface area contributed by atoms with Gasteiger partial charge in [-0.1, -0.05) is 11.6 Å². The quantitative estimate of drug-likeness (QED) is 0.510. The Morgan fingerprint density at radius 1 is 1.62 bits per heavy atom. The first-order valence-electron chi connectivity index (χ1n) is 6.64. The molecule has 2 N–H and O–H groups in total. The number of hydrogen-bond donors (Lipinski definition) is 2. The molecule has 1 aliphatic heterocycles. The highest BCUT2D eigenvalue weighted by Gasteiger charge is 2.33. The van der Waals surface area contributed by atoms with Gasteiger partial charge < -0.3 is 15.3 Å². The molecule has 0 aromatic carbocycles. The first kappa shape index (κ1) is 15.4. The molecule has 1 aromatic rings. The monoisotopic (exact) mass is 307 g/mol. The zero-order chi connectivity index (χ0) is 15.6. The summed E-state index contributed by atoms with van der Waals surface area (Å²) >= 11 is 6.06. The Bertz CT molecular complexity index is 625. The number of halogens is 1. The summed E-state index contributed by atoms with van der Waals surface area (Å²) < 4.78 is 0. The fraction of sp³-hybridized carbons (Fsp3) is 0.333. The Morgan fingerprint density at radius 2 is 2.33 bits per heavy atom. The van der Waals surface area contributed by atoms with Crippen molar-refractivity contribution in [3.63, 3.8) is 0 Å². The van der Waals surface area contributed by atoms with Gasteiger partial charge in [0.15, 0.2) is 0 Å². The number of pyridine rings is 1. The van der Waals surface area contributed by atoms with Gasteiger partial charge in [0, 0.05) is 30.1 Å². The molecule has 1 atom stereocenters. The first-order chi connectivity index (χ1) is 9.99. The lowest BCUT2D eigenvalue weighted by Gasteiger charge is -2.26. The van der Waals surface area contributed by atoms with Gasteiger partial charge in [-0.3, -0.25) is 4.79 Å². The van der Waals surface area contributed by atoms with Crippen LogP contribution in [0.1, 0.15) is 29.8 Å². The third kappa shape index (κ3) is 2.88. The van der Waals surface area contributed by atoms with Gasteiger partial charge in [-0.05, 0) is 31.6 Å². The van der Waals surface area contributed by atoms with Crippen LogP contribution in [0.2, 0.25) is 5.15 Å². The standard InChI is InChI=1S/C15H18ClN3O2/c1-9(8-20)6-13(17-3)10(2)19-7-12-11(15(19)21)4-5-18-14(12)16/h4-6,8,10,17,20H,7H2,1-3H3/b9-8+,13-6-. The molecule has 0 fully saturated rings. The third-order valence-electron chi connectivity index (χ3n) is 3.62. The van der Waals surface area contributed by atoms with Crippen LogP contribution < -0.4 is 5.32 Å². The smallest absolute Gasteiger partial charge is 0.255 e. The van der Waals surface area contributed by atoms with Crippen molar-refractivity contribution < 1.29 is 9.90 Å². The van der Waals surface area contributed by atoms with E-state index in [0.717, 1.165) is 17.5 Å². The summed E-state index contributed by atoms with van der Waals surface area (Å²) in [6.45, 7) is 4.15. The Kier molecular flexibility index (Phi) is 4.53. The first-order valence-corrected chi connectivity index (χ1v) is 7.02. The zero-order valence-electron chi connectivity index (χ0n) is 12.2. The molecule has 1 amide bonds. The molecule has 0 bridgehead atoms. The molecule has 2 rings (SSSR count). The van der Waals surface area contributed by atoms with Crippen LogP contribution >= 0.6 is 11.6 Å². The number of fused-ring (bicyclic) bond motifs is 1. The molecule has 1 aliphatic rings. The van der Waals surface area contributed by atoms with Gasteiger partial charge in [-0.2, -0.15) is 0 Å². The fourth-order valence-corrected chi connectivity index (χ4v) is 2.60. The molecule has 6 heteroatoms. The van der Waals surface area contributed by atoms with Crippen molar-refractivity contribution in [2.75, 3.05) is 7.05 Å². The number of carbonyl (C=O) groups excluding carboxylic acids is 1. The molecule has 0 saturated heterocycles. The maximum absolute atomic E-state index is 12.5. The van der Waals surface area contributed by atoms with Crippen molar-refractivity contribution in [2.45, 2.75) is 26.4 Å². The molecule has 21 heavy (non-hydrogen) atoms. The number of carbonyl (C=O) groups is 1. The number of likely N-dealkylation sites (N-methyl/N-ethyl adjacent to an activating group) is 1. The minimum Gasteiger partial charge on any atom is -0.515 e. The van der Waals surface area contributed by atoms with Crippen LogP contribution in [0.25, 0.3) is 0 Å². The second kappa shape index (κ2) is 6.18. The Morgan fingerprint density at radius 3 is 2.90 bits per heavy atom. The number of nitrogens with one attached hydrogen (secondary N) is 1. The molecule has 112 valence electrons. The Hall–Kier alpha value is -2.01. The molecule has 5 nitrogen and oxygen atoms in total. The average Bonchev–Trinajstić information content (AvgIpc) is 2.82. The van der Waals surface area contributed by atoms with Crippen molar-refractivity contribution >= 4 is 17.5 Å². The number of aliphatic hydroxyl groups is 1. The van der Waals surface area contributed by atoms with Gasteiger partial charge in [-0.15, -0.1) is 0 Å². The summed E-state index contributed by atoms with van der Waals surface area (Å²) in [5, 5.41) is 12.5. The van der Waals surface area contributed by atoms with Crippen molar-refractivity contribution in [1.82, 2.24) is 15.2 Å². The van der Waals surface area contributed by atoms with E-state index in [-0.39, 0.29) is 11.9 Å². The minimum atomic E-state index is -0.166. The van der Waals surface area contributed by atoms with Crippen LogP contribution in [0.15, 0.2) is 35.9 Å². The Balaban J connectivity index is 2.30. The molecule has 1 unspecified atom stereocenters. The molecular weight excluding hydrogens is 290 g/mol. The highest BCUT2D eigenvalue weighted by atomic mass is 35.5. The number of allylic oxidation sites excluding steroid dienone is 2. The number of nitrogens with zero attached hydrogens (tertiary/aromatic N) is 2. The summed E-state index contributed by atoms with van der Waals surface area (Å²) in [5.41, 5.74) is 2.91. The number of rotatable bonds is 4. The normalized spacial score (nSPS) is 17.0. The van der Waals surface area contributed by atoms with E-state index in [2.05, 4.69) is 10.3 Å². The topological polar surface area (TPSA) is 65.5 Å². The van der Waals surface area contributed by atoms with Crippen molar-refractivity contribution in [2.24, 2.45) is 0 Å². The van der Waals surface area contributed by atoms with Crippen LogP contribution in [-0.2, 0) is 6.54 Å². The number of aromatic nitrogens is 1. The zero-order valence-corrected chi connectivity index (χ0v) is 13.0. The molecule has 0 saturated carbocycles. The highest BCUT2D eigenvalue weighted by Crippen LogP contribution is 2.30. The number of amides is 1. The summed E-state index contributed by atoms with van der Waals surface area (Å²) in [6, 6.07) is 1.53. The van der Waals surface area contributed by atoms with Gasteiger partial charge in [0.05, 0.1) is 18.8 Å². The molecule has 2 heterocycles. The van der Waals surface area contributed by atoms with E-state index in [1.807, 2.05) is 6.92 Å². The lowest BCUT2D eigenvalue weighted by molar-refractivity contribution is 0.0737. The van der Waals surface area contributed by atoms with E-state index in [4.69, 9.17) is 16.7 Å². The molecule has 0 radical (unpaired) electrons. The molecule has 0 spiro atoms.